The topological polar surface area (TPSA) is 214 Å². The normalized spacial score (nSPS) is 9.16. The van der Waals surface area contributed by atoms with Crippen molar-refractivity contribution in [2.45, 2.75) is 0 Å². The van der Waals surface area contributed by atoms with E-state index < -0.39 is 37.6 Å². The maximum absolute atomic E-state index is 10.4. The van der Waals surface area contributed by atoms with E-state index in [9.17, 15) is 30.3 Å². The van der Waals surface area contributed by atoms with Gasteiger partial charge in [0, 0.05) is 0 Å². The highest BCUT2D eigenvalue weighted by Crippen LogP contribution is 2.38. The minimum absolute atomic E-state index is 0.447. The lowest BCUT2D eigenvalue weighted by molar-refractivity contribution is -0.404. The highest BCUT2D eigenvalue weighted by molar-refractivity contribution is 5.64. The molecule has 104 valence electrons. The van der Waals surface area contributed by atoms with Crippen molar-refractivity contribution >= 4 is 17.1 Å². The number of phenols is 1. The fraction of sp³-hybridized carbons (Fsp3) is 0. The number of nitrogens with one attached hydrogen (secondary N) is 1. The van der Waals surface area contributed by atoms with Crippen molar-refractivity contribution in [2.24, 2.45) is 11.7 Å². The summed E-state index contributed by atoms with van der Waals surface area (Å²) in [7, 11) is 0. The molecule has 0 saturated carbocycles. The number of nitrogens with zero attached hydrogens (tertiary/aromatic N) is 3. The van der Waals surface area contributed by atoms with Gasteiger partial charge < -0.3 is 5.11 Å². The van der Waals surface area contributed by atoms with Crippen LogP contribution >= 0.6 is 0 Å². The fourth-order valence-corrected chi connectivity index (χ4v) is 0.974. The third-order valence-electron chi connectivity index (χ3n) is 1.66. The Labute approximate surface area is 103 Å². The molecule has 0 heterocycles. The van der Waals surface area contributed by atoms with Gasteiger partial charge in [-0.05, 0) is 0 Å². The van der Waals surface area contributed by atoms with Gasteiger partial charge in [-0.2, -0.15) is 5.53 Å². The van der Waals surface area contributed by atoms with E-state index in [0.717, 1.165) is 0 Å². The van der Waals surface area contributed by atoms with Crippen molar-refractivity contribution in [3.63, 3.8) is 0 Å². The Hall–Kier alpha value is -2.90. The Bertz CT molecular complexity index is 482. The molecule has 0 fully saturated rings. The molecule has 0 unspecified atom stereocenters. The number of hydrogen-bond donors (Lipinski definition) is 4. The number of hydrogen-bond acceptors (Lipinski definition) is 10. The van der Waals surface area contributed by atoms with E-state index in [1.54, 1.807) is 5.53 Å². The molecule has 13 nitrogen and oxygen atoms in total. The van der Waals surface area contributed by atoms with Crippen molar-refractivity contribution in [3.8, 4) is 5.75 Å². The van der Waals surface area contributed by atoms with Crippen LogP contribution in [0, 0.1) is 30.3 Å². The number of hydrazine groups is 2. The molecule has 1 aromatic rings. The summed E-state index contributed by atoms with van der Waals surface area (Å²) in [4.78, 5) is 27.8. The molecule has 0 aromatic heterocycles. The van der Waals surface area contributed by atoms with Crippen molar-refractivity contribution in [2.75, 3.05) is 0 Å². The average Bonchev–Trinajstić information content (AvgIpc) is 2.29. The van der Waals surface area contributed by atoms with Crippen LogP contribution in [0.3, 0.4) is 0 Å². The lowest BCUT2D eigenvalue weighted by Gasteiger charge is -1.97. The standard InChI is InChI=1S/C6H3N3O7.H5N3/c10-6-4(8(13)14)1-3(7(11)12)2-5(6)9(15)16;1-3-2/h1-2,10H;3H,1-2H2. The molecule has 0 bridgehead atoms. The first kappa shape index (κ1) is 16.1. The summed E-state index contributed by atoms with van der Waals surface area (Å²) in [5.74, 6) is 7.54. The van der Waals surface area contributed by atoms with E-state index in [0.29, 0.717) is 12.1 Å². The third-order valence-corrected chi connectivity index (χ3v) is 1.66. The summed E-state index contributed by atoms with van der Waals surface area (Å²) in [6.45, 7) is 0. The van der Waals surface area contributed by atoms with Crippen LogP contribution in [-0.4, -0.2) is 19.9 Å². The van der Waals surface area contributed by atoms with Gasteiger partial charge in [-0.15, -0.1) is 0 Å². The molecule has 0 atom stereocenters. The van der Waals surface area contributed by atoms with Crippen molar-refractivity contribution < 1.29 is 19.9 Å². The van der Waals surface area contributed by atoms with Crippen molar-refractivity contribution in [1.29, 1.82) is 0 Å². The largest absolute Gasteiger partial charge is 0.497 e. The van der Waals surface area contributed by atoms with Gasteiger partial charge >= 0.3 is 11.4 Å². The number of nitro groups is 3. The van der Waals surface area contributed by atoms with Gasteiger partial charge in [-0.3, -0.25) is 42.0 Å². The molecule has 0 saturated heterocycles. The van der Waals surface area contributed by atoms with Gasteiger partial charge in [0.25, 0.3) is 11.4 Å². The van der Waals surface area contributed by atoms with Crippen LogP contribution in [0.1, 0.15) is 0 Å². The monoisotopic (exact) mass is 276 g/mol. The van der Waals surface area contributed by atoms with Gasteiger partial charge in [-0.1, -0.05) is 0 Å². The Balaban J connectivity index is 0.000000982. The molecular weight excluding hydrogens is 268 g/mol. The summed E-state index contributed by atoms with van der Waals surface area (Å²) in [6, 6.07) is 0.894. The maximum Gasteiger partial charge on any atom is 0.324 e. The minimum atomic E-state index is -1.21. The SMILES string of the molecule is NNN.O=[N+]([O-])c1cc([N+](=O)[O-])c(O)c([N+](=O)[O-])c1. The number of phenolic OH excluding ortho intramolecular Hbond substituents is 1. The number of non-ortho nitro benzene ring substituents is 1. The summed E-state index contributed by atoms with van der Waals surface area (Å²) in [6.07, 6.45) is 0. The van der Waals surface area contributed by atoms with Gasteiger partial charge in [0.05, 0.1) is 26.9 Å². The molecule has 13 heteroatoms. The van der Waals surface area contributed by atoms with Crippen LogP contribution in [0.2, 0.25) is 0 Å². The van der Waals surface area contributed by atoms with Gasteiger partial charge in [-0.25, -0.2) is 0 Å². The lowest BCUT2D eigenvalue weighted by Crippen LogP contribution is -2.29. The Morgan fingerprint density at radius 3 is 1.47 bits per heavy atom. The first-order valence-electron chi connectivity index (χ1n) is 4.22. The zero-order chi connectivity index (χ0) is 15.2. The van der Waals surface area contributed by atoms with E-state index in [4.69, 9.17) is 5.11 Å². The second-order valence-electron chi connectivity index (χ2n) is 2.77. The van der Waals surface area contributed by atoms with E-state index in [-0.39, 0.29) is 0 Å². The van der Waals surface area contributed by atoms with Gasteiger partial charge in [0.15, 0.2) is 0 Å². The third kappa shape index (κ3) is 4.11. The maximum atomic E-state index is 10.4. The smallest absolute Gasteiger partial charge is 0.324 e. The fourth-order valence-electron chi connectivity index (χ4n) is 0.974. The van der Waals surface area contributed by atoms with Gasteiger partial charge in [0.1, 0.15) is 0 Å². The average molecular weight is 276 g/mol. The van der Waals surface area contributed by atoms with Crippen molar-refractivity contribution in [1.82, 2.24) is 5.53 Å². The summed E-state index contributed by atoms with van der Waals surface area (Å²) in [5.41, 5.74) is -1.25. The summed E-state index contributed by atoms with van der Waals surface area (Å²) >= 11 is 0. The number of benzene rings is 1. The molecule has 1 aromatic carbocycles. The van der Waals surface area contributed by atoms with Crippen LogP contribution in [-0.2, 0) is 0 Å². The van der Waals surface area contributed by atoms with E-state index >= 15 is 0 Å². The number of nitro benzene ring substituents is 3. The molecule has 1 rings (SSSR count). The molecule has 0 aliphatic carbocycles. The molecule has 19 heavy (non-hydrogen) atoms. The molecule has 0 aliphatic rings. The van der Waals surface area contributed by atoms with Gasteiger partial charge in [0.2, 0.25) is 0 Å². The molecular formula is C6H8N6O7. The number of rotatable bonds is 3. The summed E-state index contributed by atoms with van der Waals surface area (Å²) < 4.78 is 0. The van der Waals surface area contributed by atoms with Crippen LogP contribution in [0.5, 0.6) is 5.75 Å². The Morgan fingerprint density at radius 2 is 1.26 bits per heavy atom. The number of aromatic hydroxyl groups is 1. The predicted molar refractivity (Wildman–Crippen MR) is 59.6 cm³/mol. The minimum Gasteiger partial charge on any atom is -0.497 e. The van der Waals surface area contributed by atoms with Crippen LogP contribution < -0.4 is 17.2 Å². The lowest BCUT2D eigenvalue weighted by atomic mass is 10.2. The highest BCUT2D eigenvalue weighted by Gasteiger charge is 2.29. The summed E-state index contributed by atoms with van der Waals surface area (Å²) in [5, 5.41) is 40.2. The number of nitrogens with two attached hydrogens (primary N) is 2. The predicted octanol–water partition coefficient (Wildman–Crippen LogP) is -0.560. The van der Waals surface area contributed by atoms with Crippen LogP contribution in [0.4, 0.5) is 17.1 Å². The van der Waals surface area contributed by atoms with E-state index in [1.165, 1.54) is 0 Å². The van der Waals surface area contributed by atoms with Crippen LogP contribution in [0.15, 0.2) is 12.1 Å². The Morgan fingerprint density at radius 1 is 0.947 bits per heavy atom. The molecule has 0 aliphatic heterocycles. The molecule has 0 radical (unpaired) electrons. The zero-order valence-corrected chi connectivity index (χ0v) is 9.05. The Kier molecular flexibility index (Phi) is 5.71. The first-order valence-corrected chi connectivity index (χ1v) is 4.22. The van der Waals surface area contributed by atoms with E-state index in [2.05, 4.69) is 11.7 Å². The second kappa shape index (κ2) is 6.74. The highest BCUT2D eigenvalue weighted by atomic mass is 16.6. The molecule has 6 N–H and O–H groups in total. The first-order chi connectivity index (χ1) is 8.76. The van der Waals surface area contributed by atoms with E-state index in [1.807, 2.05) is 0 Å². The quantitative estimate of drug-likeness (QED) is 0.313. The zero-order valence-electron chi connectivity index (χ0n) is 9.05. The van der Waals surface area contributed by atoms with Crippen molar-refractivity contribution in [3.05, 3.63) is 42.5 Å². The molecule has 0 amide bonds. The van der Waals surface area contributed by atoms with Crippen LogP contribution in [0.25, 0.3) is 0 Å². The second-order valence-corrected chi connectivity index (χ2v) is 2.77. The molecule has 0 spiro atoms.